The molecule has 0 bridgehead atoms. The number of rotatable bonds is 7. The molecule has 0 unspecified atom stereocenters. The van der Waals surface area contributed by atoms with Gasteiger partial charge in [-0.2, -0.15) is 0 Å². The van der Waals surface area contributed by atoms with Crippen molar-refractivity contribution in [2.75, 3.05) is 20.3 Å². The second kappa shape index (κ2) is 7.83. The average Bonchev–Trinajstić information content (AvgIpc) is 2.39. The van der Waals surface area contributed by atoms with Crippen LogP contribution in [0.2, 0.25) is 36.3 Å². The Kier molecular flexibility index (Phi) is 7.16. The van der Waals surface area contributed by atoms with Crippen LogP contribution in [0.15, 0.2) is 5.16 Å². The summed E-state index contributed by atoms with van der Waals surface area (Å²) >= 11 is 0. The quantitative estimate of drug-likeness (QED) is 0.417. The topological polar surface area (TPSA) is 40.0 Å². The molecule has 0 aromatic carbocycles. The maximum Gasteiger partial charge on any atom is 0.192 e. The third kappa shape index (κ3) is 5.65. The van der Waals surface area contributed by atoms with Crippen LogP contribution in [-0.2, 0) is 13.7 Å². The van der Waals surface area contributed by atoms with E-state index in [0.717, 1.165) is 25.3 Å². The lowest BCUT2D eigenvalue weighted by Crippen LogP contribution is -2.50. The molecule has 0 radical (unpaired) electrons. The van der Waals surface area contributed by atoms with Crippen molar-refractivity contribution < 1.29 is 13.7 Å². The van der Waals surface area contributed by atoms with E-state index in [9.17, 15) is 0 Å². The highest BCUT2D eigenvalue weighted by molar-refractivity contribution is 6.74. The summed E-state index contributed by atoms with van der Waals surface area (Å²) in [6, 6.07) is 0. The van der Waals surface area contributed by atoms with Crippen molar-refractivity contribution in [2.45, 2.75) is 84.2 Å². The molecule has 148 valence electrons. The zero-order chi connectivity index (χ0) is 19.7. The lowest BCUT2D eigenvalue weighted by atomic mass is 9.73. The summed E-state index contributed by atoms with van der Waals surface area (Å²) in [6.45, 7) is 24.5. The minimum Gasteiger partial charge on any atom is -0.417 e. The second-order valence-corrected chi connectivity index (χ2v) is 20.1. The molecule has 1 fully saturated rings. The first-order valence-corrected chi connectivity index (χ1v) is 15.3. The van der Waals surface area contributed by atoms with E-state index in [2.05, 4.69) is 72.9 Å². The van der Waals surface area contributed by atoms with E-state index < -0.39 is 16.6 Å². The van der Waals surface area contributed by atoms with Gasteiger partial charge in [0.05, 0.1) is 5.71 Å². The second-order valence-electron chi connectivity index (χ2n) is 10.5. The number of hydrogen-bond donors (Lipinski definition) is 0. The van der Waals surface area contributed by atoms with Gasteiger partial charge in [0, 0.05) is 19.1 Å². The Morgan fingerprint density at radius 3 is 1.72 bits per heavy atom. The molecule has 0 aromatic heterocycles. The SMILES string of the molecule is CON=C1C[C@H](CO[Si](C)(C)C(C)(C)C)[C@H]1CO[Si](C)(C)C(C)(C)C. The highest BCUT2D eigenvalue weighted by atomic mass is 28.4. The Hall–Kier alpha value is -0.176. The maximum absolute atomic E-state index is 6.46. The summed E-state index contributed by atoms with van der Waals surface area (Å²) in [7, 11) is -1.84. The van der Waals surface area contributed by atoms with Gasteiger partial charge in [-0.1, -0.05) is 46.7 Å². The van der Waals surface area contributed by atoms with E-state index in [1.54, 1.807) is 7.11 Å². The van der Waals surface area contributed by atoms with Crippen molar-refractivity contribution in [2.24, 2.45) is 17.0 Å². The highest BCUT2D eigenvalue weighted by Gasteiger charge is 2.44. The third-order valence-corrected chi connectivity index (χ3v) is 15.6. The average molecular weight is 388 g/mol. The molecule has 0 aliphatic heterocycles. The molecule has 25 heavy (non-hydrogen) atoms. The molecule has 0 spiro atoms. The highest BCUT2D eigenvalue weighted by Crippen LogP contribution is 2.41. The zero-order valence-corrected chi connectivity index (χ0v) is 20.4. The predicted molar refractivity (Wildman–Crippen MR) is 112 cm³/mol. The van der Waals surface area contributed by atoms with Gasteiger partial charge in [0.25, 0.3) is 0 Å². The molecular weight excluding hydrogens is 346 g/mol. The number of oxime groups is 1. The van der Waals surface area contributed by atoms with E-state index in [-0.39, 0.29) is 10.1 Å². The zero-order valence-electron chi connectivity index (χ0n) is 18.4. The first kappa shape index (κ1) is 22.9. The molecule has 1 rings (SSSR count). The van der Waals surface area contributed by atoms with Crippen LogP contribution in [0.1, 0.15) is 48.0 Å². The standard InChI is InChI=1S/C19H41NO3Si2/c1-18(2,3)24(8,9)22-13-15-12-17(20-21-7)16(15)14-23-25(10,11)19(4,5)6/h15-16H,12-14H2,1-11H3/t15-,16-/m1/s1. The molecule has 6 heteroatoms. The van der Waals surface area contributed by atoms with Gasteiger partial charge in [0.1, 0.15) is 7.11 Å². The van der Waals surface area contributed by atoms with Crippen LogP contribution in [0.5, 0.6) is 0 Å². The van der Waals surface area contributed by atoms with Gasteiger partial charge in [-0.3, -0.25) is 0 Å². The fraction of sp³-hybridized carbons (Fsp3) is 0.947. The van der Waals surface area contributed by atoms with Gasteiger partial charge in [-0.15, -0.1) is 0 Å². The van der Waals surface area contributed by atoms with Crippen LogP contribution in [-0.4, -0.2) is 42.7 Å². The Morgan fingerprint density at radius 1 is 0.880 bits per heavy atom. The molecule has 0 heterocycles. The van der Waals surface area contributed by atoms with E-state index in [0.29, 0.717) is 11.8 Å². The molecule has 0 N–H and O–H groups in total. The van der Waals surface area contributed by atoms with Crippen molar-refractivity contribution in [1.29, 1.82) is 0 Å². The van der Waals surface area contributed by atoms with Crippen molar-refractivity contribution in [1.82, 2.24) is 0 Å². The van der Waals surface area contributed by atoms with Crippen LogP contribution >= 0.6 is 0 Å². The Morgan fingerprint density at radius 2 is 1.32 bits per heavy atom. The van der Waals surface area contributed by atoms with E-state index in [4.69, 9.17) is 13.7 Å². The normalized spacial score (nSPS) is 24.4. The summed E-state index contributed by atoms with van der Waals surface area (Å²) in [5.41, 5.74) is 1.13. The van der Waals surface area contributed by atoms with Crippen LogP contribution < -0.4 is 0 Å². The largest absolute Gasteiger partial charge is 0.417 e. The first-order chi connectivity index (χ1) is 11.1. The minimum atomic E-state index is -1.75. The summed E-state index contributed by atoms with van der Waals surface area (Å²) in [6.07, 6.45) is 0.966. The van der Waals surface area contributed by atoms with E-state index in [1.165, 1.54) is 0 Å². The van der Waals surface area contributed by atoms with E-state index in [1.807, 2.05) is 0 Å². The minimum absolute atomic E-state index is 0.225. The van der Waals surface area contributed by atoms with Crippen molar-refractivity contribution in [3.8, 4) is 0 Å². The monoisotopic (exact) mass is 387 g/mol. The molecule has 2 atom stereocenters. The van der Waals surface area contributed by atoms with Crippen LogP contribution in [0.3, 0.4) is 0 Å². The third-order valence-electron chi connectivity index (χ3n) is 6.57. The molecule has 0 amide bonds. The van der Waals surface area contributed by atoms with Crippen LogP contribution in [0, 0.1) is 11.8 Å². The summed E-state index contributed by atoms with van der Waals surface area (Å²) in [4.78, 5) is 5.03. The Bertz CT molecular complexity index is 476. The van der Waals surface area contributed by atoms with Crippen LogP contribution in [0.25, 0.3) is 0 Å². The first-order valence-electron chi connectivity index (χ1n) is 9.50. The molecule has 1 aliphatic carbocycles. The predicted octanol–water partition coefficient (Wildman–Crippen LogP) is 5.67. The molecule has 1 aliphatic rings. The van der Waals surface area contributed by atoms with E-state index >= 15 is 0 Å². The summed E-state index contributed by atoms with van der Waals surface area (Å²) in [5.74, 6) is 0.826. The Balaban J connectivity index is 2.71. The van der Waals surface area contributed by atoms with Gasteiger partial charge in [-0.05, 0) is 48.6 Å². The fourth-order valence-corrected chi connectivity index (χ4v) is 4.44. The summed E-state index contributed by atoms with van der Waals surface area (Å²) in [5, 5.41) is 4.69. The van der Waals surface area contributed by atoms with Gasteiger partial charge in [0.2, 0.25) is 0 Å². The van der Waals surface area contributed by atoms with Gasteiger partial charge < -0.3 is 13.7 Å². The fourth-order valence-electron chi connectivity index (χ4n) is 2.35. The molecule has 0 aromatic rings. The van der Waals surface area contributed by atoms with Gasteiger partial charge in [-0.25, -0.2) is 0 Å². The number of hydrogen-bond acceptors (Lipinski definition) is 4. The molecule has 4 nitrogen and oxygen atoms in total. The summed E-state index contributed by atoms with van der Waals surface area (Å²) < 4.78 is 12.9. The van der Waals surface area contributed by atoms with Crippen molar-refractivity contribution >= 4 is 22.3 Å². The van der Waals surface area contributed by atoms with Crippen molar-refractivity contribution in [3.63, 3.8) is 0 Å². The lowest BCUT2D eigenvalue weighted by Gasteiger charge is -2.44. The van der Waals surface area contributed by atoms with Crippen molar-refractivity contribution in [3.05, 3.63) is 0 Å². The maximum atomic E-state index is 6.46. The smallest absolute Gasteiger partial charge is 0.192 e. The molecular formula is C19H41NO3Si2. The van der Waals surface area contributed by atoms with Gasteiger partial charge >= 0.3 is 0 Å². The molecule has 1 saturated carbocycles. The molecule has 0 saturated heterocycles. The lowest BCUT2D eigenvalue weighted by molar-refractivity contribution is 0.126. The number of nitrogens with zero attached hydrogens (tertiary/aromatic N) is 1. The van der Waals surface area contributed by atoms with Crippen LogP contribution in [0.4, 0.5) is 0 Å². The van der Waals surface area contributed by atoms with Gasteiger partial charge in [0.15, 0.2) is 16.6 Å². The Labute approximate surface area is 158 Å².